The van der Waals surface area contributed by atoms with Gasteiger partial charge in [-0.1, -0.05) is 17.3 Å². The summed E-state index contributed by atoms with van der Waals surface area (Å²) < 4.78 is 47.7. The second-order valence-corrected chi connectivity index (χ2v) is 6.56. The first-order valence-electron chi connectivity index (χ1n) is 6.88. The largest absolute Gasteiger partial charge is 0.478 e. The van der Waals surface area contributed by atoms with E-state index in [0.29, 0.717) is 0 Å². The van der Waals surface area contributed by atoms with Crippen molar-refractivity contribution < 1.29 is 26.9 Å². The molecule has 0 saturated carbocycles. The molecule has 1 heterocycles. The molecule has 24 heavy (non-hydrogen) atoms. The molecule has 1 amide bonds. The predicted octanol–water partition coefficient (Wildman–Crippen LogP) is 1.21. The van der Waals surface area contributed by atoms with Crippen LogP contribution in [0, 0.1) is 19.7 Å². The van der Waals surface area contributed by atoms with Crippen LogP contribution in [0.2, 0.25) is 0 Å². The number of hydrazine groups is 1. The molecule has 0 radical (unpaired) electrons. The van der Waals surface area contributed by atoms with Gasteiger partial charge in [0.05, 0.1) is 0 Å². The zero-order valence-corrected chi connectivity index (χ0v) is 14.0. The third kappa shape index (κ3) is 3.89. The zero-order chi connectivity index (χ0) is 17.9. The van der Waals surface area contributed by atoms with E-state index in [1.54, 1.807) is 6.07 Å². The number of hydrogen-bond donors (Lipinski definition) is 2. The van der Waals surface area contributed by atoms with Crippen LogP contribution < -0.4 is 15.0 Å². The van der Waals surface area contributed by atoms with Crippen molar-refractivity contribution in [3.05, 3.63) is 41.5 Å². The minimum absolute atomic E-state index is 0.0879. The number of halogens is 1. The Hall–Kier alpha value is -2.46. The number of hydrogen-bond acceptors (Lipinski definition) is 6. The maximum Gasteiger partial charge on any atom is 0.275 e. The normalized spacial score (nSPS) is 12.7. The van der Waals surface area contributed by atoms with Crippen LogP contribution in [0.5, 0.6) is 5.75 Å². The maximum absolute atomic E-state index is 13.5. The lowest BCUT2D eigenvalue weighted by Gasteiger charge is -2.15. The summed E-state index contributed by atoms with van der Waals surface area (Å²) in [5.74, 6) is -1.46. The lowest BCUT2D eigenvalue weighted by Crippen LogP contribution is -2.47. The molecule has 0 aliphatic rings. The third-order valence-electron chi connectivity index (χ3n) is 3.05. The number of rotatable bonds is 6. The Morgan fingerprint density at radius 3 is 2.58 bits per heavy atom. The molecule has 130 valence electrons. The van der Waals surface area contributed by atoms with E-state index in [0.717, 1.165) is 0 Å². The van der Waals surface area contributed by atoms with E-state index in [-0.39, 0.29) is 22.1 Å². The number of nitrogens with zero attached hydrogens (tertiary/aromatic N) is 1. The summed E-state index contributed by atoms with van der Waals surface area (Å²) in [5.41, 5.74) is 2.17. The van der Waals surface area contributed by atoms with Crippen molar-refractivity contribution in [1.82, 2.24) is 15.4 Å². The van der Waals surface area contributed by atoms with Crippen LogP contribution in [0.1, 0.15) is 18.4 Å². The third-order valence-corrected chi connectivity index (χ3v) is 4.55. The number of sulfonamides is 1. The standard InChI is InChI=1S/C14H16FN3O5S/c1-8-13(9(2)23-17-8)24(20,21)18-16-14(19)10(3)22-12-7-5-4-6-11(12)15/h4-7,10,18H,1-3H3,(H,16,19)/t10-/m1/s1. The van der Waals surface area contributed by atoms with Crippen molar-refractivity contribution in [2.45, 2.75) is 31.8 Å². The summed E-state index contributed by atoms with van der Waals surface area (Å²) in [7, 11) is -4.06. The maximum atomic E-state index is 13.5. The number of carbonyl (C=O) groups is 1. The Balaban J connectivity index is 2.01. The Morgan fingerprint density at radius 2 is 2.00 bits per heavy atom. The molecule has 10 heteroatoms. The average Bonchev–Trinajstić information content (AvgIpc) is 2.86. The molecule has 0 aliphatic carbocycles. The number of benzene rings is 1. The van der Waals surface area contributed by atoms with E-state index in [9.17, 15) is 17.6 Å². The zero-order valence-electron chi connectivity index (χ0n) is 13.2. The summed E-state index contributed by atoms with van der Waals surface area (Å²) >= 11 is 0. The fraction of sp³-hybridized carbons (Fsp3) is 0.286. The van der Waals surface area contributed by atoms with Gasteiger partial charge in [-0.2, -0.15) is 0 Å². The molecule has 0 aliphatic heterocycles. The number of aromatic nitrogens is 1. The van der Waals surface area contributed by atoms with E-state index in [1.165, 1.54) is 39.0 Å². The minimum Gasteiger partial charge on any atom is -0.478 e. The van der Waals surface area contributed by atoms with Gasteiger partial charge in [-0.15, -0.1) is 4.83 Å². The van der Waals surface area contributed by atoms with Gasteiger partial charge in [-0.3, -0.25) is 10.2 Å². The van der Waals surface area contributed by atoms with Crippen LogP contribution in [-0.4, -0.2) is 25.6 Å². The van der Waals surface area contributed by atoms with Gasteiger partial charge in [0.15, 0.2) is 23.4 Å². The van der Waals surface area contributed by atoms with E-state index < -0.39 is 27.9 Å². The van der Waals surface area contributed by atoms with E-state index in [4.69, 9.17) is 9.26 Å². The SMILES string of the molecule is Cc1noc(C)c1S(=O)(=O)NNC(=O)[C@@H](C)Oc1ccccc1F. The summed E-state index contributed by atoms with van der Waals surface area (Å²) in [6.45, 7) is 4.24. The van der Waals surface area contributed by atoms with Crippen LogP contribution in [0.3, 0.4) is 0 Å². The molecular formula is C14H16FN3O5S. The van der Waals surface area contributed by atoms with Crippen molar-refractivity contribution in [3.63, 3.8) is 0 Å². The molecule has 2 rings (SSSR count). The Kier molecular flexibility index (Phi) is 5.20. The second-order valence-electron chi connectivity index (χ2n) is 4.94. The van der Waals surface area contributed by atoms with Crippen LogP contribution in [-0.2, 0) is 14.8 Å². The number of nitrogens with one attached hydrogen (secondary N) is 2. The van der Waals surface area contributed by atoms with Crippen LogP contribution >= 0.6 is 0 Å². The summed E-state index contributed by atoms with van der Waals surface area (Å²) in [4.78, 5) is 13.7. The minimum atomic E-state index is -4.06. The van der Waals surface area contributed by atoms with Gasteiger partial charge in [-0.05, 0) is 32.9 Å². The van der Waals surface area contributed by atoms with Gasteiger partial charge in [-0.25, -0.2) is 12.8 Å². The van der Waals surface area contributed by atoms with Crippen LogP contribution in [0.4, 0.5) is 4.39 Å². The lowest BCUT2D eigenvalue weighted by molar-refractivity contribution is -0.127. The van der Waals surface area contributed by atoms with Crippen LogP contribution in [0.25, 0.3) is 0 Å². The molecule has 8 nitrogen and oxygen atoms in total. The fourth-order valence-corrected chi connectivity index (χ4v) is 3.09. The van der Waals surface area contributed by atoms with Crippen molar-refractivity contribution in [1.29, 1.82) is 0 Å². The topological polar surface area (TPSA) is 111 Å². The van der Waals surface area contributed by atoms with Crippen molar-refractivity contribution in [3.8, 4) is 5.75 Å². The summed E-state index contributed by atoms with van der Waals surface area (Å²) in [5, 5.41) is 3.54. The molecule has 0 unspecified atom stereocenters. The van der Waals surface area contributed by atoms with Gasteiger partial charge < -0.3 is 9.26 Å². The first kappa shape index (κ1) is 17.9. The summed E-state index contributed by atoms with van der Waals surface area (Å²) in [6.07, 6.45) is -1.13. The highest BCUT2D eigenvalue weighted by Crippen LogP contribution is 2.18. The van der Waals surface area contributed by atoms with Gasteiger partial charge in [0, 0.05) is 0 Å². The number of para-hydroxylation sites is 1. The molecule has 2 aromatic rings. The molecule has 0 saturated heterocycles. The first-order valence-corrected chi connectivity index (χ1v) is 8.36. The van der Waals surface area contributed by atoms with E-state index in [1.807, 2.05) is 10.3 Å². The monoisotopic (exact) mass is 357 g/mol. The highest BCUT2D eigenvalue weighted by atomic mass is 32.2. The molecule has 0 bridgehead atoms. The van der Waals surface area contributed by atoms with Crippen molar-refractivity contribution in [2.24, 2.45) is 0 Å². The van der Waals surface area contributed by atoms with Gasteiger partial charge in [0.25, 0.3) is 15.9 Å². The van der Waals surface area contributed by atoms with Crippen molar-refractivity contribution >= 4 is 15.9 Å². The number of aryl methyl sites for hydroxylation is 2. The molecule has 0 fully saturated rings. The average molecular weight is 357 g/mol. The predicted molar refractivity (Wildman–Crippen MR) is 80.9 cm³/mol. The molecule has 2 N–H and O–H groups in total. The van der Waals surface area contributed by atoms with Gasteiger partial charge in [0.1, 0.15) is 10.6 Å². The quantitative estimate of drug-likeness (QED) is 0.752. The van der Waals surface area contributed by atoms with E-state index in [2.05, 4.69) is 5.16 Å². The lowest BCUT2D eigenvalue weighted by atomic mass is 10.3. The van der Waals surface area contributed by atoms with E-state index >= 15 is 0 Å². The second kappa shape index (κ2) is 6.97. The van der Waals surface area contributed by atoms with Gasteiger partial charge in [0.2, 0.25) is 0 Å². The number of amides is 1. The summed E-state index contributed by atoms with van der Waals surface area (Å²) in [6, 6.07) is 5.56. The first-order chi connectivity index (χ1) is 11.2. The highest BCUT2D eigenvalue weighted by molar-refractivity contribution is 7.89. The highest BCUT2D eigenvalue weighted by Gasteiger charge is 2.26. The Morgan fingerprint density at radius 1 is 1.33 bits per heavy atom. The number of carbonyl (C=O) groups excluding carboxylic acids is 1. The van der Waals surface area contributed by atoms with Gasteiger partial charge >= 0.3 is 0 Å². The molecule has 1 atom stereocenters. The Labute approximate surface area is 138 Å². The Bertz CT molecular complexity index is 830. The fourth-order valence-electron chi connectivity index (χ4n) is 1.91. The van der Waals surface area contributed by atoms with Crippen LogP contribution in [0.15, 0.2) is 33.7 Å². The smallest absolute Gasteiger partial charge is 0.275 e. The van der Waals surface area contributed by atoms with Crippen molar-refractivity contribution in [2.75, 3.05) is 0 Å². The molecule has 1 aromatic carbocycles. The molecular weight excluding hydrogens is 341 g/mol. The molecule has 0 spiro atoms. The molecule has 1 aromatic heterocycles. The number of ether oxygens (including phenoxy) is 1.